The molecule has 0 saturated heterocycles. The SMILES string of the molecule is COc1ccc(C(C)C)cc1S(=O)(=O)NC(Cc1ccccc1)C(=O)Nc1c(C)cc(C)cc1C. The van der Waals surface area contributed by atoms with E-state index in [0.29, 0.717) is 5.69 Å². The van der Waals surface area contributed by atoms with Gasteiger partial charge < -0.3 is 10.1 Å². The Morgan fingerprint density at radius 3 is 2.14 bits per heavy atom. The minimum absolute atomic E-state index is 0.0137. The molecule has 3 aromatic carbocycles. The molecule has 0 aromatic heterocycles. The average Bonchev–Trinajstić information content (AvgIpc) is 2.80. The summed E-state index contributed by atoms with van der Waals surface area (Å²) in [7, 11) is -2.65. The maximum absolute atomic E-state index is 13.6. The Kier molecular flexibility index (Phi) is 8.35. The number of ether oxygens (including phenoxy) is 1. The zero-order valence-corrected chi connectivity index (χ0v) is 22.0. The standard InChI is InChI=1S/C28H34N2O4S/c1-18(2)23-12-13-25(34-6)26(17-23)35(32,33)30-24(16-22-10-8-7-9-11-22)28(31)29-27-20(4)14-19(3)15-21(27)5/h7-15,17-18,24,30H,16H2,1-6H3,(H,29,31). The molecule has 0 aliphatic heterocycles. The van der Waals surface area contributed by atoms with E-state index >= 15 is 0 Å². The summed E-state index contributed by atoms with van der Waals surface area (Å²) >= 11 is 0. The molecule has 0 aliphatic carbocycles. The Bertz CT molecular complexity index is 1280. The normalized spacial score (nSPS) is 12.4. The monoisotopic (exact) mass is 494 g/mol. The van der Waals surface area contributed by atoms with Crippen molar-refractivity contribution in [2.24, 2.45) is 0 Å². The Hall–Kier alpha value is -3.16. The van der Waals surface area contributed by atoms with Crippen molar-refractivity contribution in [3.63, 3.8) is 0 Å². The second-order valence-corrected chi connectivity index (χ2v) is 10.9. The minimum atomic E-state index is -4.08. The average molecular weight is 495 g/mol. The third kappa shape index (κ3) is 6.50. The smallest absolute Gasteiger partial charge is 0.245 e. The first-order valence-electron chi connectivity index (χ1n) is 11.6. The number of nitrogens with one attached hydrogen (secondary N) is 2. The highest BCUT2D eigenvalue weighted by atomic mass is 32.2. The molecule has 3 rings (SSSR count). The van der Waals surface area contributed by atoms with Crippen LogP contribution in [-0.4, -0.2) is 27.5 Å². The number of methoxy groups -OCH3 is 1. The van der Waals surface area contributed by atoms with Gasteiger partial charge in [0.2, 0.25) is 15.9 Å². The quantitative estimate of drug-likeness (QED) is 0.424. The predicted molar refractivity (Wildman–Crippen MR) is 141 cm³/mol. The molecule has 186 valence electrons. The van der Waals surface area contributed by atoms with Gasteiger partial charge in [0, 0.05) is 5.69 Å². The van der Waals surface area contributed by atoms with Crippen LogP contribution in [0.5, 0.6) is 5.75 Å². The van der Waals surface area contributed by atoms with Gasteiger partial charge in [-0.25, -0.2) is 8.42 Å². The molecular weight excluding hydrogens is 460 g/mol. The van der Waals surface area contributed by atoms with Crippen molar-refractivity contribution < 1.29 is 17.9 Å². The fraction of sp³-hybridized carbons (Fsp3) is 0.321. The number of aryl methyl sites for hydroxylation is 3. The molecule has 0 aliphatic rings. The van der Waals surface area contributed by atoms with E-state index in [4.69, 9.17) is 4.74 Å². The Labute approximate surface area is 208 Å². The summed E-state index contributed by atoms with van der Waals surface area (Å²) in [6.45, 7) is 9.83. The lowest BCUT2D eigenvalue weighted by Gasteiger charge is -2.21. The molecule has 3 aromatic rings. The van der Waals surface area contributed by atoms with Crippen molar-refractivity contribution in [2.75, 3.05) is 12.4 Å². The van der Waals surface area contributed by atoms with E-state index in [1.807, 2.05) is 83.1 Å². The van der Waals surface area contributed by atoms with Crippen LogP contribution < -0.4 is 14.8 Å². The van der Waals surface area contributed by atoms with E-state index in [-0.39, 0.29) is 23.0 Å². The number of benzene rings is 3. The third-order valence-corrected chi connectivity index (χ3v) is 7.46. The lowest BCUT2D eigenvalue weighted by molar-refractivity contribution is -0.117. The molecule has 1 amide bonds. The van der Waals surface area contributed by atoms with Gasteiger partial charge in [-0.05, 0) is 67.5 Å². The molecule has 0 fully saturated rings. The molecule has 0 bridgehead atoms. The van der Waals surface area contributed by atoms with E-state index in [1.165, 1.54) is 7.11 Å². The molecule has 0 saturated carbocycles. The van der Waals surface area contributed by atoms with Crippen molar-refractivity contribution in [2.45, 2.75) is 57.9 Å². The lowest BCUT2D eigenvalue weighted by atomic mass is 10.0. The topological polar surface area (TPSA) is 84.5 Å². The molecular formula is C28H34N2O4S. The number of sulfonamides is 1. The highest BCUT2D eigenvalue weighted by molar-refractivity contribution is 7.89. The Morgan fingerprint density at radius 2 is 1.57 bits per heavy atom. The number of carbonyl (C=O) groups excluding carboxylic acids is 1. The van der Waals surface area contributed by atoms with Crippen LogP contribution in [-0.2, 0) is 21.2 Å². The van der Waals surface area contributed by atoms with Crippen LogP contribution in [0, 0.1) is 20.8 Å². The van der Waals surface area contributed by atoms with Crippen molar-refractivity contribution >= 4 is 21.6 Å². The second kappa shape index (κ2) is 11.1. The van der Waals surface area contributed by atoms with Gasteiger partial charge in [0.05, 0.1) is 7.11 Å². The molecule has 35 heavy (non-hydrogen) atoms. The summed E-state index contributed by atoms with van der Waals surface area (Å²) in [5.41, 5.74) is 5.33. The van der Waals surface area contributed by atoms with E-state index in [2.05, 4.69) is 10.0 Å². The number of hydrogen-bond acceptors (Lipinski definition) is 4. The van der Waals surface area contributed by atoms with Crippen LogP contribution >= 0.6 is 0 Å². The van der Waals surface area contributed by atoms with Gasteiger partial charge in [0.15, 0.2) is 0 Å². The molecule has 0 heterocycles. The predicted octanol–water partition coefficient (Wildman–Crippen LogP) is 5.27. The summed E-state index contributed by atoms with van der Waals surface area (Å²) in [5, 5.41) is 2.96. The summed E-state index contributed by atoms with van der Waals surface area (Å²) in [5.74, 6) is -0.0665. The van der Waals surface area contributed by atoms with Crippen LogP contribution in [0.25, 0.3) is 0 Å². The lowest BCUT2D eigenvalue weighted by Crippen LogP contribution is -2.45. The Morgan fingerprint density at radius 1 is 0.943 bits per heavy atom. The molecule has 0 radical (unpaired) electrons. The fourth-order valence-electron chi connectivity index (χ4n) is 4.14. The van der Waals surface area contributed by atoms with Crippen LogP contribution in [0.15, 0.2) is 65.6 Å². The first-order chi connectivity index (χ1) is 16.5. The number of rotatable bonds is 9. The number of carbonyl (C=O) groups is 1. The highest BCUT2D eigenvalue weighted by Gasteiger charge is 2.29. The zero-order valence-electron chi connectivity index (χ0n) is 21.2. The summed E-state index contributed by atoms with van der Waals surface area (Å²) in [6.07, 6.45) is 0.196. The zero-order chi connectivity index (χ0) is 25.8. The second-order valence-electron chi connectivity index (χ2n) is 9.19. The Balaban J connectivity index is 1.99. The molecule has 1 unspecified atom stereocenters. The number of hydrogen-bond donors (Lipinski definition) is 2. The fourth-order valence-corrected chi connectivity index (χ4v) is 5.54. The molecule has 7 heteroatoms. The number of amides is 1. The molecule has 1 atom stereocenters. The van der Waals surface area contributed by atoms with Crippen molar-refractivity contribution in [3.05, 3.63) is 88.5 Å². The summed E-state index contributed by atoms with van der Waals surface area (Å²) in [4.78, 5) is 13.5. The maximum Gasteiger partial charge on any atom is 0.245 e. The molecule has 0 spiro atoms. The van der Waals surface area contributed by atoms with Gasteiger partial charge in [0.1, 0.15) is 16.7 Å². The minimum Gasteiger partial charge on any atom is -0.495 e. The first kappa shape index (κ1) is 26.4. The van der Waals surface area contributed by atoms with Crippen LogP contribution in [0.1, 0.15) is 47.6 Å². The van der Waals surface area contributed by atoms with E-state index in [1.54, 1.807) is 12.1 Å². The van der Waals surface area contributed by atoms with E-state index < -0.39 is 22.0 Å². The first-order valence-corrected chi connectivity index (χ1v) is 13.1. The van der Waals surface area contributed by atoms with Gasteiger partial charge in [-0.1, -0.05) is 67.9 Å². The highest BCUT2D eigenvalue weighted by Crippen LogP contribution is 2.29. The van der Waals surface area contributed by atoms with Crippen LogP contribution in [0.4, 0.5) is 5.69 Å². The van der Waals surface area contributed by atoms with E-state index in [0.717, 1.165) is 27.8 Å². The van der Waals surface area contributed by atoms with Gasteiger partial charge in [-0.2, -0.15) is 4.72 Å². The van der Waals surface area contributed by atoms with Crippen LogP contribution in [0.3, 0.4) is 0 Å². The van der Waals surface area contributed by atoms with Crippen molar-refractivity contribution in [3.8, 4) is 5.75 Å². The maximum atomic E-state index is 13.6. The summed E-state index contributed by atoms with van der Waals surface area (Å²) in [6, 6.07) is 17.4. The largest absolute Gasteiger partial charge is 0.495 e. The van der Waals surface area contributed by atoms with Crippen LogP contribution in [0.2, 0.25) is 0 Å². The van der Waals surface area contributed by atoms with Gasteiger partial charge >= 0.3 is 0 Å². The molecule has 6 nitrogen and oxygen atoms in total. The van der Waals surface area contributed by atoms with Crippen molar-refractivity contribution in [1.82, 2.24) is 4.72 Å². The number of anilines is 1. The van der Waals surface area contributed by atoms with E-state index in [9.17, 15) is 13.2 Å². The van der Waals surface area contributed by atoms with Gasteiger partial charge in [-0.3, -0.25) is 4.79 Å². The van der Waals surface area contributed by atoms with Gasteiger partial charge in [-0.15, -0.1) is 0 Å². The summed E-state index contributed by atoms with van der Waals surface area (Å²) < 4.78 is 35.1. The third-order valence-electron chi connectivity index (χ3n) is 5.97. The molecule has 2 N–H and O–H groups in total. The van der Waals surface area contributed by atoms with Crippen molar-refractivity contribution in [1.29, 1.82) is 0 Å². The van der Waals surface area contributed by atoms with Gasteiger partial charge in [0.25, 0.3) is 0 Å².